The van der Waals surface area contributed by atoms with E-state index in [0.29, 0.717) is 21.8 Å². The van der Waals surface area contributed by atoms with Crippen LogP contribution in [0.3, 0.4) is 0 Å². The topological polar surface area (TPSA) is 144 Å². The van der Waals surface area contributed by atoms with Crippen molar-refractivity contribution in [1.29, 1.82) is 5.26 Å². The smallest absolute Gasteiger partial charge is 0.332 e. The van der Waals surface area contributed by atoms with Gasteiger partial charge in [0.1, 0.15) is 22.9 Å². The number of benzene rings is 2. The van der Waals surface area contributed by atoms with E-state index in [1.54, 1.807) is 42.6 Å². The molecular formula is C21H17N3O6. The molecule has 2 aromatic carbocycles. The highest BCUT2D eigenvalue weighted by molar-refractivity contribution is 6.07. The molecular weight excluding hydrogens is 390 g/mol. The molecule has 152 valence electrons. The van der Waals surface area contributed by atoms with Gasteiger partial charge in [-0.1, -0.05) is 18.2 Å². The number of carbonyl (C=O) groups is 2. The molecule has 0 bridgehead atoms. The number of rotatable bonds is 7. The first-order valence-electron chi connectivity index (χ1n) is 8.88. The fourth-order valence-corrected chi connectivity index (χ4v) is 2.77. The average molecular weight is 407 g/mol. The molecule has 1 heterocycles. The van der Waals surface area contributed by atoms with Crippen LogP contribution < -0.4 is 4.74 Å². The summed E-state index contributed by atoms with van der Waals surface area (Å²) in [5.74, 6) is -1.44. The van der Waals surface area contributed by atoms with Crippen LogP contribution in [0.15, 0.2) is 54.7 Å². The van der Waals surface area contributed by atoms with Crippen molar-refractivity contribution in [2.75, 3.05) is 6.54 Å². The first kappa shape index (κ1) is 20.6. The molecule has 1 atom stereocenters. The third-order valence-electron chi connectivity index (χ3n) is 4.30. The van der Waals surface area contributed by atoms with Crippen LogP contribution in [0.2, 0.25) is 0 Å². The molecule has 9 heteroatoms. The van der Waals surface area contributed by atoms with Crippen molar-refractivity contribution in [3.05, 3.63) is 60.4 Å². The van der Waals surface area contributed by atoms with Gasteiger partial charge in [-0.25, -0.2) is 14.7 Å². The maximum Gasteiger partial charge on any atom is 0.332 e. The Hall–Kier alpha value is -4.16. The minimum atomic E-state index is -1.70. The van der Waals surface area contributed by atoms with Gasteiger partial charge in [-0.2, -0.15) is 5.26 Å². The zero-order valence-corrected chi connectivity index (χ0v) is 15.6. The predicted octanol–water partition coefficient (Wildman–Crippen LogP) is 2.49. The zero-order chi connectivity index (χ0) is 21.7. The molecule has 0 radical (unpaired) electrons. The molecule has 0 spiro atoms. The summed E-state index contributed by atoms with van der Waals surface area (Å²) in [6.45, 7) is -0.312. The quantitative estimate of drug-likeness (QED) is 0.400. The van der Waals surface area contributed by atoms with Crippen LogP contribution in [0, 0.1) is 11.5 Å². The number of fused-ring (bicyclic) bond motifs is 1. The normalized spacial score (nSPS) is 11.5. The first-order valence-corrected chi connectivity index (χ1v) is 8.88. The predicted molar refractivity (Wildman–Crippen MR) is 105 cm³/mol. The van der Waals surface area contributed by atoms with Crippen LogP contribution in [0.5, 0.6) is 17.2 Å². The number of aromatic hydroxyl groups is 1. The van der Waals surface area contributed by atoms with Crippen LogP contribution in [0.4, 0.5) is 0 Å². The Morgan fingerprint density at radius 3 is 2.53 bits per heavy atom. The lowest BCUT2D eigenvalue weighted by Gasteiger charge is -2.16. The van der Waals surface area contributed by atoms with Crippen molar-refractivity contribution in [1.82, 2.24) is 9.88 Å². The number of carboxylic acids is 1. The van der Waals surface area contributed by atoms with Crippen molar-refractivity contribution in [2.45, 2.75) is 12.5 Å². The number of nitrogens with zero attached hydrogens (tertiary/aromatic N) is 3. The van der Waals surface area contributed by atoms with Gasteiger partial charge in [-0.05, 0) is 30.3 Å². The highest BCUT2D eigenvalue weighted by atomic mass is 16.5. The Morgan fingerprint density at radius 2 is 1.87 bits per heavy atom. The second kappa shape index (κ2) is 8.89. The van der Waals surface area contributed by atoms with Crippen molar-refractivity contribution in [3.8, 4) is 23.4 Å². The van der Waals surface area contributed by atoms with E-state index in [1.165, 1.54) is 6.07 Å². The molecule has 9 nitrogen and oxygen atoms in total. The summed E-state index contributed by atoms with van der Waals surface area (Å²) in [5.41, 5.74) is -0.118. The maximum absolute atomic E-state index is 12.8. The SMILES string of the molecule is N#CN(CC[C@H](O)C(=O)O)C(=O)c1ncc(O)c2ccc(Oc3ccccc3)cc12. The van der Waals surface area contributed by atoms with E-state index >= 15 is 0 Å². The first-order chi connectivity index (χ1) is 14.4. The van der Waals surface area contributed by atoms with Gasteiger partial charge in [-0.3, -0.25) is 4.79 Å². The number of aliphatic hydroxyl groups is 1. The van der Waals surface area contributed by atoms with Gasteiger partial charge in [0.2, 0.25) is 0 Å². The standard InChI is InChI=1S/C21H17N3O6/c22-12-24(9-8-17(25)21(28)29)20(27)19-16-10-14(30-13-4-2-1-3-5-13)6-7-15(16)18(26)11-23-19/h1-7,10-11,17,25-26H,8-9H2,(H,28,29)/t17-/m0/s1. The molecule has 30 heavy (non-hydrogen) atoms. The molecule has 0 saturated heterocycles. The average Bonchev–Trinajstić information content (AvgIpc) is 2.74. The van der Waals surface area contributed by atoms with E-state index in [4.69, 9.17) is 9.84 Å². The highest BCUT2D eigenvalue weighted by Gasteiger charge is 2.23. The van der Waals surface area contributed by atoms with Gasteiger partial charge in [0, 0.05) is 23.7 Å². The summed E-state index contributed by atoms with van der Waals surface area (Å²) >= 11 is 0. The van der Waals surface area contributed by atoms with Gasteiger partial charge >= 0.3 is 5.97 Å². The number of carbonyl (C=O) groups excluding carboxylic acids is 1. The van der Waals surface area contributed by atoms with E-state index in [0.717, 1.165) is 6.20 Å². The number of carboxylic acid groups (broad SMARTS) is 1. The minimum Gasteiger partial charge on any atom is -0.506 e. The monoisotopic (exact) mass is 407 g/mol. The summed E-state index contributed by atoms with van der Waals surface area (Å²) in [6, 6.07) is 13.6. The molecule has 1 amide bonds. The van der Waals surface area contributed by atoms with E-state index < -0.39 is 18.0 Å². The maximum atomic E-state index is 12.8. The number of hydrogen-bond donors (Lipinski definition) is 3. The second-order valence-electron chi connectivity index (χ2n) is 6.31. The summed E-state index contributed by atoms with van der Waals surface area (Å²) in [5, 5.41) is 38.1. The van der Waals surface area contributed by atoms with E-state index in [9.17, 15) is 25.1 Å². The molecule has 1 aromatic heterocycles. The number of ether oxygens (including phenoxy) is 1. The zero-order valence-electron chi connectivity index (χ0n) is 15.6. The Balaban J connectivity index is 1.94. The van der Waals surface area contributed by atoms with E-state index in [2.05, 4.69) is 4.98 Å². The van der Waals surface area contributed by atoms with Crippen LogP contribution in [-0.2, 0) is 4.79 Å². The van der Waals surface area contributed by atoms with Crippen molar-refractivity contribution < 1.29 is 29.6 Å². The lowest BCUT2D eigenvalue weighted by Crippen LogP contribution is -2.32. The highest BCUT2D eigenvalue weighted by Crippen LogP contribution is 2.31. The molecule has 3 rings (SSSR count). The van der Waals surface area contributed by atoms with Gasteiger partial charge < -0.3 is 20.1 Å². The number of pyridine rings is 1. The molecule has 0 saturated carbocycles. The van der Waals surface area contributed by atoms with E-state index in [1.807, 2.05) is 6.07 Å². The number of para-hydroxylation sites is 1. The number of amides is 1. The lowest BCUT2D eigenvalue weighted by molar-refractivity contribution is -0.147. The van der Waals surface area contributed by atoms with Gasteiger partial charge in [0.05, 0.1) is 6.20 Å². The summed E-state index contributed by atoms with van der Waals surface area (Å²) in [4.78, 5) is 28.3. The van der Waals surface area contributed by atoms with Gasteiger partial charge in [0.25, 0.3) is 5.91 Å². The molecule has 0 aliphatic carbocycles. The number of aromatic nitrogens is 1. The van der Waals surface area contributed by atoms with Crippen LogP contribution in [-0.4, -0.2) is 49.7 Å². The molecule has 0 unspecified atom stereocenters. The minimum absolute atomic E-state index is 0.118. The van der Waals surface area contributed by atoms with Crippen LogP contribution in [0.25, 0.3) is 10.8 Å². The Labute approximate surface area is 171 Å². The number of nitriles is 1. The Kier molecular flexibility index (Phi) is 6.10. The third-order valence-corrected chi connectivity index (χ3v) is 4.30. The number of aliphatic hydroxyl groups excluding tert-OH is 1. The molecule has 0 fully saturated rings. The van der Waals surface area contributed by atoms with Gasteiger partial charge in [0.15, 0.2) is 12.3 Å². The molecule has 3 N–H and O–H groups in total. The largest absolute Gasteiger partial charge is 0.506 e. The van der Waals surface area contributed by atoms with Crippen LogP contribution in [0.1, 0.15) is 16.9 Å². The van der Waals surface area contributed by atoms with Gasteiger partial charge in [-0.15, -0.1) is 0 Å². The van der Waals surface area contributed by atoms with E-state index in [-0.39, 0.29) is 29.8 Å². The number of aliphatic carboxylic acids is 1. The van der Waals surface area contributed by atoms with Crippen molar-refractivity contribution in [3.63, 3.8) is 0 Å². The summed E-state index contributed by atoms with van der Waals surface area (Å²) in [6.07, 6.45) is 0.736. The van der Waals surface area contributed by atoms with Crippen molar-refractivity contribution in [2.24, 2.45) is 0 Å². The third kappa shape index (κ3) is 4.45. The summed E-state index contributed by atoms with van der Waals surface area (Å²) in [7, 11) is 0. The lowest BCUT2D eigenvalue weighted by atomic mass is 10.1. The fraction of sp³-hybridized carbons (Fsp3) is 0.143. The molecule has 0 aliphatic rings. The second-order valence-corrected chi connectivity index (χ2v) is 6.31. The Morgan fingerprint density at radius 1 is 1.13 bits per heavy atom. The summed E-state index contributed by atoms with van der Waals surface area (Å²) < 4.78 is 5.76. The van der Waals surface area contributed by atoms with Crippen molar-refractivity contribution >= 4 is 22.6 Å². The fourth-order valence-electron chi connectivity index (χ4n) is 2.77. The number of hydrogen-bond acceptors (Lipinski definition) is 7. The van der Waals surface area contributed by atoms with Crippen LogP contribution >= 0.6 is 0 Å². The molecule has 0 aliphatic heterocycles. The Bertz CT molecular complexity index is 1130. The molecule has 3 aromatic rings.